The van der Waals surface area contributed by atoms with Crippen LogP contribution in [0, 0.1) is 6.92 Å². The second-order valence-corrected chi connectivity index (χ2v) is 6.43. The number of hydrogen-bond donors (Lipinski definition) is 0. The van der Waals surface area contributed by atoms with E-state index in [0.29, 0.717) is 23.9 Å². The SMILES string of the molecule is Cc1nc(C2CC3CCC(C2)N3CCc2nnnn2C)no1. The fourth-order valence-corrected chi connectivity index (χ4v) is 4.02. The summed E-state index contributed by atoms with van der Waals surface area (Å²) in [6.07, 6.45) is 5.71. The number of fused-ring (bicyclic) bond motifs is 2. The van der Waals surface area contributed by atoms with Crippen LogP contribution in [0.1, 0.15) is 49.1 Å². The molecule has 2 aliphatic rings. The van der Waals surface area contributed by atoms with Gasteiger partial charge in [-0.05, 0) is 36.1 Å². The summed E-state index contributed by atoms with van der Waals surface area (Å²) >= 11 is 0. The van der Waals surface area contributed by atoms with Gasteiger partial charge < -0.3 is 4.52 Å². The average Bonchev–Trinajstić information content (AvgIpc) is 3.16. The average molecular weight is 303 g/mol. The second kappa shape index (κ2) is 5.42. The molecule has 0 aliphatic carbocycles. The summed E-state index contributed by atoms with van der Waals surface area (Å²) in [6, 6.07) is 1.26. The van der Waals surface area contributed by atoms with Crippen LogP contribution in [0.25, 0.3) is 0 Å². The summed E-state index contributed by atoms with van der Waals surface area (Å²) < 4.78 is 6.91. The lowest BCUT2D eigenvalue weighted by Gasteiger charge is -2.37. The standard InChI is InChI=1S/C14H21N7O/c1-9-15-14(17-22-9)10-7-11-3-4-12(8-10)21(11)6-5-13-16-18-19-20(13)2/h10-12H,3-8H2,1-2H3. The summed E-state index contributed by atoms with van der Waals surface area (Å²) in [5, 5.41) is 15.8. The van der Waals surface area contributed by atoms with E-state index in [4.69, 9.17) is 4.52 Å². The third-order valence-corrected chi connectivity index (χ3v) is 5.09. The Balaban J connectivity index is 1.41. The van der Waals surface area contributed by atoms with Crippen LogP contribution < -0.4 is 0 Å². The Hall–Kier alpha value is -1.83. The topological polar surface area (TPSA) is 85.8 Å². The second-order valence-electron chi connectivity index (χ2n) is 6.43. The third-order valence-electron chi connectivity index (χ3n) is 5.09. The van der Waals surface area contributed by atoms with Gasteiger partial charge in [-0.15, -0.1) is 5.10 Å². The molecule has 4 rings (SSSR count). The van der Waals surface area contributed by atoms with Gasteiger partial charge in [-0.1, -0.05) is 5.16 Å². The minimum absolute atomic E-state index is 0.447. The van der Waals surface area contributed by atoms with E-state index in [-0.39, 0.29) is 0 Å². The largest absolute Gasteiger partial charge is 0.340 e. The summed E-state index contributed by atoms with van der Waals surface area (Å²) in [7, 11) is 1.90. The molecule has 2 saturated heterocycles. The van der Waals surface area contributed by atoms with Crippen LogP contribution in [-0.4, -0.2) is 53.9 Å². The van der Waals surface area contributed by atoms with Gasteiger partial charge in [0.05, 0.1) is 0 Å². The fourth-order valence-electron chi connectivity index (χ4n) is 4.02. The smallest absolute Gasteiger partial charge is 0.223 e. The van der Waals surface area contributed by atoms with Crippen molar-refractivity contribution in [1.82, 2.24) is 35.2 Å². The van der Waals surface area contributed by atoms with E-state index in [2.05, 4.69) is 30.6 Å². The first kappa shape index (κ1) is 13.8. The molecule has 2 aromatic rings. The molecule has 22 heavy (non-hydrogen) atoms. The number of aryl methyl sites for hydroxylation is 2. The maximum absolute atomic E-state index is 5.15. The van der Waals surface area contributed by atoms with Crippen molar-refractivity contribution in [2.24, 2.45) is 7.05 Å². The van der Waals surface area contributed by atoms with Crippen molar-refractivity contribution >= 4 is 0 Å². The fraction of sp³-hybridized carbons (Fsp3) is 0.786. The number of tetrazole rings is 1. The van der Waals surface area contributed by atoms with Crippen LogP contribution >= 0.6 is 0 Å². The first-order chi connectivity index (χ1) is 10.7. The molecule has 2 aliphatic heterocycles. The van der Waals surface area contributed by atoms with Gasteiger partial charge in [0, 0.05) is 44.9 Å². The number of hydrogen-bond acceptors (Lipinski definition) is 7. The van der Waals surface area contributed by atoms with E-state index >= 15 is 0 Å². The molecule has 0 aromatic carbocycles. The summed E-state index contributed by atoms with van der Waals surface area (Å²) in [5.74, 6) is 2.96. The molecule has 2 atom stereocenters. The molecule has 0 amide bonds. The van der Waals surface area contributed by atoms with Crippen LogP contribution in [0.3, 0.4) is 0 Å². The lowest BCUT2D eigenvalue weighted by atomic mass is 9.90. The number of piperidine rings is 1. The van der Waals surface area contributed by atoms with E-state index in [1.807, 2.05) is 14.0 Å². The molecule has 2 unspecified atom stereocenters. The molecule has 2 fully saturated rings. The van der Waals surface area contributed by atoms with E-state index in [9.17, 15) is 0 Å². The summed E-state index contributed by atoms with van der Waals surface area (Å²) in [5.41, 5.74) is 0. The zero-order valence-electron chi connectivity index (χ0n) is 13.0. The first-order valence-corrected chi connectivity index (χ1v) is 7.98. The van der Waals surface area contributed by atoms with E-state index < -0.39 is 0 Å². The van der Waals surface area contributed by atoms with Crippen molar-refractivity contribution in [3.05, 3.63) is 17.5 Å². The molecule has 0 saturated carbocycles. The molecular weight excluding hydrogens is 282 g/mol. The van der Waals surface area contributed by atoms with Crippen LogP contribution in [0.5, 0.6) is 0 Å². The lowest BCUT2D eigenvalue weighted by molar-refractivity contribution is 0.124. The molecule has 4 heterocycles. The first-order valence-electron chi connectivity index (χ1n) is 7.98. The highest BCUT2D eigenvalue weighted by Crippen LogP contribution is 2.42. The molecule has 0 radical (unpaired) electrons. The lowest BCUT2D eigenvalue weighted by Crippen LogP contribution is -2.43. The van der Waals surface area contributed by atoms with Gasteiger partial charge in [0.15, 0.2) is 11.6 Å². The van der Waals surface area contributed by atoms with Crippen molar-refractivity contribution in [2.45, 2.75) is 57.0 Å². The maximum Gasteiger partial charge on any atom is 0.223 e. The summed E-state index contributed by atoms with van der Waals surface area (Å²) in [4.78, 5) is 7.07. The number of aromatic nitrogens is 6. The van der Waals surface area contributed by atoms with Crippen molar-refractivity contribution in [2.75, 3.05) is 6.54 Å². The minimum atomic E-state index is 0.447. The van der Waals surface area contributed by atoms with Gasteiger partial charge in [0.1, 0.15) is 0 Å². The Morgan fingerprint density at radius 2 is 2.00 bits per heavy atom. The Labute approximate surface area is 128 Å². The van der Waals surface area contributed by atoms with Gasteiger partial charge >= 0.3 is 0 Å². The normalized spacial score (nSPS) is 28.4. The monoisotopic (exact) mass is 303 g/mol. The molecule has 118 valence electrons. The highest BCUT2D eigenvalue weighted by molar-refractivity contribution is 5.06. The van der Waals surface area contributed by atoms with Gasteiger partial charge in [0.25, 0.3) is 0 Å². The van der Waals surface area contributed by atoms with Crippen molar-refractivity contribution < 1.29 is 4.52 Å². The van der Waals surface area contributed by atoms with Gasteiger partial charge in [-0.3, -0.25) is 4.90 Å². The van der Waals surface area contributed by atoms with Crippen molar-refractivity contribution in [3.8, 4) is 0 Å². The van der Waals surface area contributed by atoms with Crippen LogP contribution in [0.4, 0.5) is 0 Å². The predicted molar refractivity (Wildman–Crippen MR) is 77.0 cm³/mol. The Bertz CT molecular complexity index is 637. The predicted octanol–water partition coefficient (Wildman–Crippen LogP) is 0.855. The van der Waals surface area contributed by atoms with Crippen LogP contribution in [0.15, 0.2) is 4.52 Å². The Kier molecular flexibility index (Phi) is 3.40. The Morgan fingerprint density at radius 1 is 1.23 bits per heavy atom. The minimum Gasteiger partial charge on any atom is -0.340 e. The highest BCUT2D eigenvalue weighted by atomic mass is 16.5. The van der Waals surface area contributed by atoms with E-state index in [1.54, 1.807) is 4.68 Å². The molecule has 2 aromatic heterocycles. The molecule has 0 N–H and O–H groups in total. The molecular formula is C14H21N7O. The number of rotatable bonds is 4. The van der Waals surface area contributed by atoms with Gasteiger partial charge in [-0.2, -0.15) is 4.98 Å². The maximum atomic E-state index is 5.15. The van der Waals surface area contributed by atoms with Gasteiger partial charge in [0.2, 0.25) is 5.89 Å². The van der Waals surface area contributed by atoms with E-state index in [1.165, 1.54) is 12.8 Å². The quantitative estimate of drug-likeness (QED) is 0.827. The Morgan fingerprint density at radius 3 is 2.59 bits per heavy atom. The van der Waals surface area contributed by atoms with Gasteiger partial charge in [-0.25, -0.2) is 4.68 Å². The molecule has 2 bridgehead atoms. The van der Waals surface area contributed by atoms with E-state index in [0.717, 1.165) is 37.5 Å². The summed E-state index contributed by atoms with van der Waals surface area (Å²) in [6.45, 7) is 2.89. The molecule has 8 heteroatoms. The van der Waals surface area contributed by atoms with Crippen molar-refractivity contribution in [1.29, 1.82) is 0 Å². The zero-order chi connectivity index (χ0) is 15.1. The van der Waals surface area contributed by atoms with Crippen LogP contribution in [0.2, 0.25) is 0 Å². The van der Waals surface area contributed by atoms with Crippen LogP contribution in [-0.2, 0) is 13.5 Å². The molecule has 0 spiro atoms. The third kappa shape index (κ3) is 2.41. The van der Waals surface area contributed by atoms with Crippen molar-refractivity contribution in [3.63, 3.8) is 0 Å². The zero-order valence-corrected chi connectivity index (χ0v) is 13.0. The molecule has 8 nitrogen and oxygen atoms in total. The highest BCUT2D eigenvalue weighted by Gasteiger charge is 2.42. The number of nitrogens with zero attached hydrogens (tertiary/aromatic N) is 7.